The number of rotatable bonds is 4. The van der Waals surface area contributed by atoms with Crippen LogP contribution in [0.5, 0.6) is 0 Å². The fourth-order valence-corrected chi connectivity index (χ4v) is 2.26. The maximum atomic E-state index is 13.1. The van der Waals surface area contributed by atoms with Crippen molar-refractivity contribution >= 4 is 5.91 Å². The third-order valence-corrected chi connectivity index (χ3v) is 3.16. The Kier molecular flexibility index (Phi) is 4.81. The summed E-state index contributed by atoms with van der Waals surface area (Å²) in [5.74, 6) is -0.332. The minimum Gasteiger partial charge on any atom is -0.355 e. The third kappa shape index (κ3) is 3.71. The van der Waals surface area contributed by atoms with Crippen LogP contribution in [-0.2, 0) is 11.3 Å². The predicted octanol–water partition coefficient (Wildman–Crippen LogP) is 0.131. The molecule has 19 heavy (non-hydrogen) atoms. The topological polar surface area (TPSA) is 57.3 Å². The van der Waals surface area contributed by atoms with Gasteiger partial charge in [0.15, 0.2) is 0 Å². The molecule has 1 aromatic heterocycles. The number of carbonyl (C=O) groups excluding carboxylic acids is 1. The van der Waals surface area contributed by atoms with Gasteiger partial charge < -0.3 is 10.6 Å². The first-order chi connectivity index (χ1) is 9.20. The molecule has 1 aliphatic heterocycles. The second kappa shape index (κ2) is 6.58. The number of hydrogen-bond donors (Lipinski definition) is 2. The Bertz CT molecular complexity index is 440. The molecule has 6 heteroatoms. The number of pyridine rings is 1. The summed E-state index contributed by atoms with van der Waals surface area (Å²) >= 11 is 0. The van der Waals surface area contributed by atoms with Gasteiger partial charge in [0.1, 0.15) is 11.9 Å². The van der Waals surface area contributed by atoms with Gasteiger partial charge in [0, 0.05) is 38.9 Å². The van der Waals surface area contributed by atoms with Crippen LogP contribution in [0.4, 0.5) is 4.39 Å². The molecule has 0 radical (unpaired) electrons. The highest BCUT2D eigenvalue weighted by atomic mass is 19.1. The Morgan fingerprint density at radius 1 is 1.63 bits per heavy atom. The smallest absolute Gasteiger partial charge is 0.238 e. The lowest BCUT2D eigenvalue weighted by Crippen LogP contribution is -2.57. The summed E-state index contributed by atoms with van der Waals surface area (Å²) in [6.07, 6.45) is 2.82. The molecule has 2 rings (SSSR count). The van der Waals surface area contributed by atoms with E-state index in [1.54, 1.807) is 6.20 Å². The van der Waals surface area contributed by atoms with Crippen molar-refractivity contribution in [1.82, 2.24) is 20.5 Å². The molecule has 0 saturated carbocycles. The van der Waals surface area contributed by atoms with Gasteiger partial charge in [0.05, 0.1) is 6.20 Å². The van der Waals surface area contributed by atoms with E-state index >= 15 is 0 Å². The van der Waals surface area contributed by atoms with E-state index in [9.17, 15) is 9.18 Å². The van der Waals surface area contributed by atoms with Gasteiger partial charge in [-0.3, -0.25) is 14.7 Å². The van der Waals surface area contributed by atoms with Crippen LogP contribution < -0.4 is 10.6 Å². The van der Waals surface area contributed by atoms with Crippen molar-refractivity contribution < 1.29 is 9.18 Å². The summed E-state index contributed by atoms with van der Waals surface area (Å²) in [6.45, 7) is 5.26. The SMILES string of the molecule is CCNC(=O)C1CNCCN1Cc1cncc(F)c1. The van der Waals surface area contributed by atoms with Gasteiger partial charge in [-0.1, -0.05) is 0 Å². The third-order valence-electron chi connectivity index (χ3n) is 3.16. The average molecular weight is 266 g/mol. The number of carbonyl (C=O) groups is 1. The van der Waals surface area contributed by atoms with Gasteiger partial charge in [0.2, 0.25) is 5.91 Å². The van der Waals surface area contributed by atoms with Gasteiger partial charge in [-0.15, -0.1) is 0 Å². The predicted molar refractivity (Wildman–Crippen MR) is 69.9 cm³/mol. The normalized spacial score (nSPS) is 20.2. The zero-order valence-corrected chi connectivity index (χ0v) is 11.0. The highest BCUT2D eigenvalue weighted by Gasteiger charge is 2.28. The molecule has 0 spiro atoms. The number of piperazine rings is 1. The van der Waals surface area contributed by atoms with Crippen LogP contribution in [0.1, 0.15) is 12.5 Å². The molecule has 1 unspecified atom stereocenters. The molecule has 2 heterocycles. The number of amides is 1. The molecule has 1 fully saturated rings. The summed E-state index contributed by atoms with van der Waals surface area (Å²) < 4.78 is 13.1. The van der Waals surface area contributed by atoms with Gasteiger partial charge in [-0.25, -0.2) is 4.39 Å². The monoisotopic (exact) mass is 266 g/mol. The van der Waals surface area contributed by atoms with Crippen LogP contribution in [0, 0.1) is 5.82 Å². The number of halogens is 1. The van der Waals surface area contributed by atoms with Crippen molar-refractivity contribution in [2.75, 3.05) is 26.2 Å². The van der Waals surface area contributed by atoms with Gasteiger partial charge in [0.25, 0.3) is 0 Å². The summed E-state index contributed by atoms with van der Waals surface area (Å²) in [5.41, 5.74) is 0.788. The number of nitrogens with zero attached hydrogens (tertiary/aromatic N) is 2. The molecule has 1 atom stereocenters. The Hall–Kier alpha value is -1.53. The Morgan fingerprint density at radius 2 is 2.47 bits per heavy atom. The van der Waals surface area contributed by atoms with Crippen LogP contribution in [0.2, 0.25) is 0 Å². The van der Waals surface area contributed by atoms with E-state index in [1.165, 1.54) is 12.3 Å². The number of hydrogen-bond acceptors (Lipinski definition) is 4. The lowest BCUT2D eigenvalue weighted by atomic mass is 10.1. The van der Waals surface area contributed by atoms with E-state index in [0.717, 1.165) is 18.7 Å². The lowest BCUT2D eigenvalue weighted by Gasteiger charge is -2.35. The second-order valence-corrected chi connectivity index (χ2v) is 4.60. The quantitative estimate of drug-likeness (QED) is 0.813. The summed E-state index contributed by atoms with van der Waals surface area (Å²) in [5, 5.41) is 6.04. The number of aromatic nitrogens is 1. The number of nitrogens with one attached hydrogen (secondary N) is 2. The average Bonchev–Trinajstić information content (AvgIpc) is 2.39. The van der Waals surface area contributed by atoms with E-state index < -0.39 is 0 Å². The molecule has 104 valence electrons. The van der Waals surface area contributed by atoms with Crippen molar-refractivity contribution in [2.45, 2.75) is 19.5 Å². The molecule has 0 aliphatic carbocycles. The van der Waals surface area contributed by atoms with Crippen molar-refractivity contribution in [3.05, 3.63) is 29.8 Å². The zero-order valence-electron chi connectivity index (χ0n) is 11.0. The molecule has 0 bridgehead atoms. The molecule has 1 aromatic rings. The molecule has 1 amide bonds. The first-order valence-electron chi connectivity index (χ1n) is 6.52. The van der Waals surface area contributed by atoms with Crippen molar-refractivity contribution in [3.63, 3.8) is 0 Å². The molecule has 1 saturated heterocycles. The van der Waals surface area contributed by atoms with E-state index in [2.05, 4.69) is 20.5 Å². The first-order valence-corrected chi connectivity index (χ1v) is 6.52. The van der Waals surface area contributed by atoms with Crippen molar-refractivity contribution in [2.24, 2.45) is 0 Å². The fourth-order valence-electron chi connectivity index (χ4n) is 2.26. The van der Waals surface area contributed by atoms with E-state index in [-0.39, 0.29) is 17.8 Å². The Balaban J connectivity index is 2.05. The van der Waals surface area contributed by atoms with Crippen molar-refractivity contribution in [3.8, 4) is 0 Å². The highest BCUT2D eigenvalue weighted by molar-refractivity contribution is 5.82. The van der Waals surface area contributed by atoms with Crippen LogP contribution >= 0.6 is 0 Å². The first kappa shape index (κ1) is 13.9. The molecule has 1 aliphatic rings. The second-order valence-electron chi connectivity index (χ2n) is 4.60. The van der Waals surface area contributed by atoms with Crippen LogP contribution in [0.3, 0.4) is 0 Å². The van der Waals surface area contributed by atoms with Crippen LogP contribution in [0.25, 0.3) is 0 Å². The standard InChI is InChI=1S/C13H19FN4O/c1-2-17-13(19)12-8-15-3-4-18(12)9-10-5-11(14)7-16-6-10/h5-7,12,15H,2-4,8-9H2,1H3,(H,17,19). The zero-order chi connectivity index (χ0) is 13.7. The minimum absolute atomic E-state index is 0.0130. The Labute approximate surface area is 112 Å². The van der Waals surface area contributed by atoms with E-state index in [0.29, 0.717) is 19.6 Å². The number of likely N-dealkylation sites (N-methyl/N-ethyl adjacent to an activating group) is 1. The summed E-state index contributed by atoms with van der Waals surface area (Å²) in [6, 6.07) is 1.25. The molecule has 2 N–H and O–H groups in total. The molecule has 5 nitrogen and oxygen atoms in total. The molecule has 0 aromatic carbocycles. The highest BCUT2D eigenvalue weighted by Crippen LogP contribution is 2.11. The lowest BCUT2D eigenvalue weighted by molar-refractivity contribution is -0.127. The molecular weight excluding hydrogens is 247 g/mol. The van der Waals surface area contributed by atoms with Gasteiger partial charge in [-0.05, 0) is 18.6 Å². The Morgan fingerprint density at radius 3 is 3.21 bits per heavy atom. The summed E-state index contributed by atoms with van der Waals surface area (Å²) in [7, 11) is 0. The minimum atomic E-state index is -0.345. The van der Waals surface area contributed by atoms with Crippen molar-refractivity contribution in [1.29, 1.82) is 0 Å². The van der Waals surface area contributed by atoms with Crippen LogP contribution in [-0.4, -0.2) is 48.0 Å². The summed E-state index contributed by atoms with van der Waals surface area (Å²) in [4.78, 5) is 17.9. The van der Waals surface area contributed by atoms with Gasteiger partial charge >= 0.3 is 0 Å². The van der Waals surface area contributed by atoms with Crippen LogP contribution in [0.15, 0.2) is 18.5 Å². The molecular formula is C13H19FN4O. The maximum absolute atomic E-state index is 13.1. The van der Waals surface area contributed by atoms with Gasteiger partial charge in [-0.2, -0.15) is 0 Å². The maximum Gasteiger partial charge on any atom is 0.238 e. The van der Waals surface area contributed by atoms with E-state index in [1.807, 2.05) is 6.92 Å². The largest absolute Gasteiger partial charge is 0.355 e. The van der Waals surface area contributed by atoms with E-state index in [4.69, 9.17) is 0 Å². The fraction of sp³-hybridized carbons (Fsp3) is 0.538.